The number of rotatable bonds is 6. The van der Waals surface area contributed by atoms with Crippen molar-refractivity contribution >= 4 is 28.7 Å². The van der Waals surface area contributed by atoms with Crippen LogP contribution in [0.3, 0.4) is 0 Å². The summed E-state index contributed by atoms with van der Waals surface area (Å²) < 4.78 is 0. The number of imide groups is 1. The van der Waals surface area contributed by atoms with E-state index >= 15 is 0 Å². The van der Waals surface area contributed by atoms with Gasteiger partial charge in [0.2, 0.25) is 5.91 Å². The Balaban J connectivity index is 1.39. The van der Waals surface area contributed by atoms with Crippen molar-refractivity contribution in [2.24, 2.45) is 0 Å². The van der Waals surface area contributed by atoms with Crippen LogP contribution in [0.1, 0.15) is 24.1 Å². The largest absolute Gasteiger partial charge is 0.361 e. The van der Waals surface area contributed by atoms with Crippen molar-refractivity contribution in [3.05, 3.63) is 71.9 Å². The van der Waals surface area contributed by atoms with Gasteiger partial charge in [0.05, 0.1) is 6.04 Å². The molecule has 0 bridgehead atoms. The van der Waals surface area contributed by atoms with E-state index in [4.69, 9.17) is 0 Å². The van der Waals surface area contributed by atoms with E-state index in [9.17, 15) is 14.4 Å². The van der Waals surface area contributed by atoms with Gasteiger partial charge in [-0.2, -0.15) is 0 Å². The fraction of sp³-hybridized carbons (Fsp3) is 0.227. The molecule has 1 aliphatic heterocycles. The van der Waals surface area contributed by atoms with Gasteiger partial charge in [0, 0.05) is 23.5 Å². The van der Waals surface area contributed by atoms with Crippen LogP contribution in [0.5, 0.6) is 0 Å². The van der Waals surface area contributed by atoms with Crippen molar-refractivity contribution in [3.8, 4) is 0 Å². The first kappa shape index (κ1) is 18.7. The van der Waals surface area contributed by atoms with E-state index in [-0.39, 0.29) is 24.4 Å². The second-order valence-corrected chi connectivity index (χ2v) is 7.19. The number of nitrogens with zero attached hydrogens (tertiary/aromatic N) is 1. The predicted octanol–water partition coefficient (Wildman–Crippen LogP) is 2.51. The predicted molar refractivity (Wildman–Crippen MR) is 109 cm³/mol. The second-order valence-electron chi connectivity index (χ2n) is 7.19. The van der Waals surface area contributed by atoms with Gasteiger partial charge in [-0.15, -0.1) is 0 Å². The summed E-state index contributed by atoms with van der Waals surface area (Å²) in [5.41, 5.74) is 2.88. The number of hydrogen-bond acceptors (Lipinski definition) is 3. The number of aromatic nitrogens is 1. The van der Waals surface area contributed by atoms with Crippen LogP contribution < -0.4 is 10.6 Å². The molecule has 0 unspecified atom stereocenters. The van der Waals surface area contributed by atoms with Gasteiger partial charge in [-0.1, -0.05) is 48.5 Å². The molecule has 0 radical (unpaired) electrons. The van der Waals surface area contributed by atoms with E-state index < -0.39 is 12.1 Å². The van der Waals surface area contributed by atoms with Gasteiger partial charge in [0.1, 0.15) is 12.6 Å². The Labute approximate surface area is 168 Å². The number of amides is 4. The maximum absolute atomic E-state index is 12.7. The molecule has 0 spiro atoms. The zero-order valence-corrected chi connectivity index (χ0v) is 16.0. The van der Waals surface area contributed by atoms with Gasteiger partial charge < -0.3 is 15.6 Å². The third kappa shape index (κ3) is 3.85. The Morgan fingerprint density at radius 3 is 2.62 bits per heavy atom. The van der Waals surface area contributed by atoms with Gasteiger partial charge in [-0.25, -0.2) is 4.79 Å². The number of urea groups is 1. The quantitative estimate of drug-likeness (QED) is 0.565. The van der Waals surface area contributed by atoms with Crippen LogP contribution in [-0.4, -0.2) is 40.3 Å². The fourth-order valence-corrected chi connectivity index (χ4v) is 3.64. The summed E-state index contributed by atoms with van der Waals surface area (Å²) in [6, 6.07) is 15.9. The highest BCUT2D eigenvalue weighted by molar-refractivity contribution is 6.06. The molecule has 3 N–H and O–H groups in total. The Hall–Kier alpha value is -3.61. The first-order valence-corrected chi connectivity index (χ1v) is 9.54. The van der Waals surface area contributed by atoms with Crippen molar-refractivity contribution < 1.29 is 14.4 Å². The first-order valence-electron chi connectivity index (χ1n) is 9.54. The first-order chi connectivity index (χ1) is 14.0. The molecule has 2 heterocycles. The highest BCUT2D eigenvalue weighted by Gasteiger charge is 2.39. The highest BCUT2D eigenvalue weighted by Crippen LogP contribution is 2.21. The minimum Gasteiger partial charge on any atom is -0.361 e. The molecule has 29 heavy (non-hydrogen) atoms. The third-order valence-electron chi connectivity index (χ3n) is 5.18. The van der Waals surface area contributed by atoms with Crippen molar-refractivity contribution in [1.29, 1.82) is 0 Å². The SMILES string of the molecule is C[C@@H](NC(=O)CN1C(=O)N[C@@H](Cc2c[nH]c3ccccc23)C1=O)c1ccccc1. The molecule has 7 nitrogen and oxygen atoms in total. The van der Waals surface area contributed by atoms with Crippen LogP contribution in [0.15, 0.2) is 60.8 Å². The van der Waals surface area contributed by atoms with Crippen molar-refractivity contribution in [3.63, 3.8) is 0 Å². The number of hydrogen-bond donors (Lipinski definition) is 3. The Kier molecular flexibility index (Phi) is 5.03. The molecule has 2 aromatic carbocycles. The summed E-state index contributed by atoms with van der Waals surface area (Å²) in [5.74, 6) is -0.764. The minimum absolute atomic E-state index is 0.216. The molecule has 1 aliphatic rings. The Morgan fingerprint density at radius 1 is 1.10 bits per heavy atom. The summed E-state index contributed by atoms with van der Waals surface area (Å²) in [4.78, 5) is 41.5. The summed E-state index contributed by atoms with van der Waals surface area (Å²) >= 11 is 0. The molecule has 1 fully saturated rings. The summed E-state index contributed by atoms with van der Waals surface area (Å²) in [7, 11) is 0. The molecule has 4 amide bonds. The number of nitrogens with one attached hydrogen (secondary N) is 3. The van der Waals surface area contributed by atoms with E-state index in [0.29, 0.717) is 6.42 Å². The number of benzene rings is 2. The van der Waals surface area contributed by atoms with Crippen LogP contribution in [0, 0.1) is 0 Å². The van der Waals surface area contributed by atoms with Gasteiger partial charge in [-0.3, -0.25) is 14.5 Å². The van der Waals surface area contributed by atoms with E-state index in [2.05, 4.69) is 15.6 Å². The Bertz CT molecular complexity index is 1060. The molecule has 2 atom stereocenters. The van der Waals surface area contributed by atoms with E-state index in [1.165, 1.54) is 0 Å². The van der Waals surface area contributed by atoms with Crippen LogP contribution in [0.2, 0.25) is 0 Å². The molecule has 148 valence electrons. The summed E-state index contributed by atoms with van der Waals surface area (Å²) in [6.45, 7) is 1.56. The van der Waals surface area contributed by atoms with E-state index in [1.807, 2.05) is 67.7 Å². The second kappa shape index (κ2) is 7.79. The number of aromatic amines is 1. The normalized spacial score (nSPS) is 17.4. The van der Waals surface area contributed by atoms with Gasteiger partial charge in [0.15, 0.2) is 0 Å². The molecule has 1 aromatic heterocycles. The monoisotopic (exact) mass is 390 g/mol. The van der Waals surface area contributed by atoms with Crippen LogP contribution in [0.25, 0.3) is 10.9 Å². The standard InChI is InChI=1S/C22H22N4O3/c1-14(15-7-3-2-4-8-15)24-20(27)13-26-21(28)19(25-22(26)29)11-16-12-23-18-10-6-5-9-17(16)18/h2-10,12,14,19,23H,11,13H2,1H3,(H,24,27)(H,25,29)/t14-,19+/m1/s1. The average molecular weight is 390 g/mol. The van der Waals surface area contributed by atoms with Crippen molar-refractivity contribution in [2.45, 2.75) is 25.4 Å². The molecule has 0 aliphatic carbocycles. The lowest BCUT2D eigenvalue weighted by Crippen LogP contribution is -2.42. The molecule has 4 rings (SSSR count). The molecule has 7 heteroatoms. The van der Waals surface area contributed by atoms with Gasteiger partial charge in [-0.05, 0) is 24.1 Å². The number of carbonyl (C=O) groups is 3. The van der Waals surface area contributed by atoms with Crippen LogP contribution in [-0.2, 0) is 16.0 Å². The number of carbonyl (C=O) groups excluding carboxylic acids is 3. The van der Waals surface area contributed by atoms with Crippen molar-refractivity contribution in [2.75, 3.05) is 6.54 Å². The number of fused-ring (bicyclic) bond motifs is 1. The van der Waals surface area contributed by atoms with Gasteiger partial charge >= 0.3 is 6.03 Å². The lowest BCUT2D eigenvalue weighted by molar-refractivity contribution is -0.132. The zero-order chi connectivity index (χ0) is 20.4. The molecular weight excluding hydrogens is 368 g/mol. The lowest BCUT2D eigenvalue weighted by Gasteiger charge is -2.17. The minimum atomic E-state index is -0.680. The van der Waals surface area contributed by atoms with E-state index in [0.717, 1.165) is 26.9 Å². The van der Waals surface area contributed by atoms with E-state index in [1.54, 1.807) is 0 Å². The smallest absolute Gasteiger partial charge is 0.325 e. The molecule has 1 saturated heterocycles. The Morgan fingerprint density at radius 2 is 1.83 bits per heavy atom. The maximum Gasteiger partial charge on any atom is 0.325 e. The topological polar surface area (TPSA) is 94.3 Å². The molecular formula is C22H22N4O3. The zero-order valence-electron chi connectivity index (χ0n) is 16.0. The maximum atomic E-state index is 12.7. The van der Waals surface area contributed by atoms with Gasteiger partial charge in [0.25, 0.3) is 5.91 Å². The molecule has 0 saturated carbocycles. The number of para-hydroxylation sites is 1. The lowest BCUT2D eigenvalue weighted by atomic mass is 10.1. The number of H-pyrrole nitrogens is 1. The van der Waals surface area contributed by atoms with Crippen molar-refractivity contribution in [1.82, 2.24) is 20.5 Å². The summed E-state index contributed by atoms with van der Waals surface area (Å²) in [6.07, 6.45) is 2.22. The fourth-order valence-electron chi connectivity index (χ4n) is 3.64. The van der Waals surface area contributed by atoms with Crippen LogP contribution >= 0.6 is 0 Å². The average Bonchev–Trinajstić information content (AvgIpc) is 3.25. The highest BCUT2D eigenvalue weighted by atomic mass is 16.2. The third-order valence-corrected chi connectivity index (χ3v) is 5.18. The molecule has 3 aromatic rings. The van der Waals surface area contributed by atoms with Crippen LogP contribution in [0.4, 0.5) is 4.79 Å². The summed E-state index contributed by atoms with van der Waals surface area (Å²) in [5, 5.41) is 6.54.